The predicted octanol–water partition coefficient (Wildman–Crippen LogP) is 12.1. The number of para-hydroxylation sites is 1. The largest absolute Gasteiger partial charge is 0.459 e. The van der Waals surface area contributed by atoms with Gasteiger partial charge in [-0.05, 0) is 60.3 Å². The van der Waals surface area contributed by atoms with Gasteiger partial charge < -0.3 is 4.42 Å². The lowest BCUT2D eigenvalue weighted by Gasteiger charge is -2.20. The van der Waals surface area contributed by atoms with E-state index < -0.39 is 0 Å². The number of fused-ring (bicyclic) bond motifs is 6. The fourth-order valence-corrected chi connectivity index (χ4v) is 9.73. The van der Waals surface area contributed by atoms with Crippen molar-refractivity contribution < 1.29 is 4.42 Å². The molecule has 10 rings (SSSR count). The third-order valence-corrected chi connectivity index (χ3v) is 12.4. The van der Waals surface area contributed by atoms with E-state index in [1.165, 1.54) is 15.4 Å². The van der Waals surface area contributed by atoms with E-state index in [2.05, 4.69) is 121 Å². The van der Waals surface area contributed by atoms with Crippen LogP contribution in [-0.4, -0.2) is 15.0 Å². The highest BCUT2D eigenvalue weighted by atomic mass is 32.2. The Kier molecular flexibility index (Phi) is 8.30. The first-order chi connectivity index (χ1) is 26.7. The summed E-state index contributed by atoms with van der Waals surface area (Å²) in [7, 11) is 0. The highest BCUT2D eigenvalue weighted by Crippen LogP contribution is 2.53. The number of thioether (sulfide) groups is 1. The lowest BCUT2D eigenvalue weighted by atomic mass is 9.85. The number of hydrogen-bond donors (Lipinski definition) is 0. The number of furan rings is 1. The molecule has 4 atom stereocenters. The van der Waals surface area contributed by atoms with Crippen LogP contribution in [0.5, 0.6) is 0 Å². The Bertz CT molecular complexity index is 2630. The smallest absolute Gasteiger partial charge is 0.164 e. The first kappa shape index (κ1) is 32.6. The molecule has 5 aliphatic rings. The number of nitrogens with zero attached hydrogens (tertiary/aromatic N) is 4. The molecule has 3 aromatic carbocycles. The molecule has 1 aliphatic heterocycles. The fraction of sp³-hybridized carbons (Fsp3) is 0.167. The molecular formula is C48H36N4OS. The molecule has 3 heterocycles. The van der Waals surface area contributed by atoms with Crippen LogP contribution in [0.25, 0.3) is 39.6 Å². The minimum atomic E-state index is 0.0754. The quantitative estimate of drug-likeness (QED) is 0.180. The van der Waals surface area contributed by atoms with Crippen molar-refractivity contribution in [3.63, 3.8) is 0 Å². The van der Waals surface area contributed by atoms with E-state index in [0.717, 1.165) is 75.8 Å². The Morgan fingerprint density at radius 3 is 2.50 bits per heavy atom. The molecule has 2 aromatic heterocycles. The normalized spacial score (nSPS) is 22.6. The van der Waals surface area contributed by atoms with Crippen molar-refractivity contribution >= 4 is 40.0 Å². The molecule has 54 heavy (non-hydrogen) atoms. The first-order valence-electron chi connectivity index (χ1n) is 18.8. The van der Waals surface area contributed by atoms with Gasteiger partial charge in [0, 0.05) is 61.4 Å². The van der Waals surface area contributed by atoms with Crippen LogP contribution in [0.1, 0.15) is 77.5 Å². The van der Waals surface area contributed by atoms with E-state index >= 15 is 0 Å². The topological polar surface area (TPSA) is 75.6 Å². The summed E-state index contributed by atoms with van der Waals surface area (Å²) < 4.78 is 6.96. The minimum absolute atomic E-state index is 0.0754. The monoisotopic (exact) mass is 716 g/mol. The zero-order valence-electron chi connectivity index (χ0n) is 29.6. The van der Waals surface area contributed by atoms with Crippen LogP contribution in [0.4, 0.5) is 0 Å². The molecule has 6 heteroatoms. The fourth-order valence-electron chi connectivity index (χ4n) is 8.45. The van der Waals surface area contributed by atoms with Gasteiger partial charge in [0.25, 0.3) is 0 Å². The van der Waals surface area contributed by atoms with Crippen LogP contribution in [-0.2, 0) is 0 Å². The van der Waals surface area contributed by atoms with Crippen molar-refractivity contribution in [2.45, 2.75) is 48.3 Å². The third-order valence-electron chi connectivity index (χ3n) is 11.2. The number of hydrogen-bond acceptors (Lipinski definition) is 6. The van der Waals surface area contributed by atoms with E-state index in [1.807, 2.05) is 42.1 Å². The summed E-state index contributed by atoms with van der Waals surface area (Å²) in [6.45, 7) is 0. The zero-order chi connectivity index (χ0) is 36.0. The minimum Gasteiger partial charge on any atom is -0.459 e. The van der Waals surface area contributed by atoms with Crippen molar-refractivity contribution in [2.75, 3.05) is 0 Å². The van der Waals surface area contributed by atoms with Crippen LogP contribution in [0.15, 0.2) is 159 Å². The Morgan fingerprint density at radius 1 is 0.759 bits per heavy atom. The van der Waals surface area contributed by atoms with Crippen molar-refractivity contribution in [3.05, 3.63) is 184 Å². The van der Waals surface area contributed by atoms with Gasteiger partial charge in [-0.25, -0.2) is 15.0 Å². The van der Waals surface area contributed by atoms with Gasteiger partial charge in [-0.1, -0.05) is 139 Å². The van der Waals surface area contributed by atoms with Crippen LogP contribution in [0.2, 0.25) is 0 Å². The molecule has 260 valence electrons. The number of nitriles is 1. The molecule has 5 nitrogen and oxygen atoms in total. The Hall–Kier alpha value is -6.03. The van der Waals surface area contributed by atoms with Gasteiger partial charge in [-0.3, -0.25) is 0 Å². The molecule has 0 bridgehead atoms. The van der Waals surface area contributed by atoms with E-state index in [9.17, 15) is 5.26 Å². The van der Waals surface area contributed by atoms with Crippen LogP contribution in [0, 0.1) is 17.2 Å². The van der Waals surface area contributed by atoms with Crippen LogP contribution >= 0.6 is 11.8 Å². The molecule has 0 amide bonds. The van der Waals surface area contributed by atoms with Gasteiger partial charge in [-0.15, -0.1) is 0 Å². The van der Waals surface area contributed by atoms with Gasteiger partial charge >= 0.3 is 0 Å². The van der Waals surface area contributed by atoms with Gasteiger partial charge in [0.15, 0.2) is 17.5 Å². The van der Waals surface area contributed by atoms with Crippen molar-refractivity contribution in [3.8, 4) is 17.5 Å². The highest BCUT2D eigenvalue weighted by molar-refractivity contribution is 8.03. The summed E-state index contributed by atoms with van der Waals surface area (Å²) in [6.07, 6.45) is 29.8. The second-order valence-corrected chi connectivity index (χ2v) is 15.5. The first-order valence-corrected chi connectivity index (χ1v) is 19.6. The number of aromatic nitrogens is 3. The van der Waals surface area contributed by atoms with Gasteiger partial charge in [0.2, 0.25) is 0 Å². The molecular weight excluding hydrogens is 681 g/mol. The van der Waals surface area contributed by atoms with Crippen LogP contribution < -0.4 is 0 Å². The molecule has 0 N–H and O–H groups in total. The molecule has 4 aliphatic carbocycles. The summed E-state index contributed by atoms with van der Waals surface area (Å²) in [5, 5.41) is 10.6. The van der Waals surface area contributed by atoms with Crippen LogP contribution in [0.3, 0.4) is 0 Å². The third kappa shape index (κ3) is 5.86. The summed E-state index contributed by atoms with van der Waals surface area (Å²) in [4.78, 5) is 18.0. The average Bonchev–Trinajstić information content (AvgIpc) is 3.59. The molecule has 0 radical (unpaired) electrons. The highest BCUT2D eigenvalue weighted by Gasteiger charge is 2.31. The maximum absolute atomic E-state index is 9.52. The summed E-state index contributed by atoms with van der Waals surface area (Å²) in [5.74, 6) is 3.81. The van der Waals surface area contributed by atoms with Gasteiger partial charge in [0.05, 0.1) is 6.07 Å². The maximum atomic E-state index is 9.52. The molecule has 5 aromatic rings. The van der Waals surface area contributed by atoms with Crippen molar-refractivity contribution in [1.29, 1.82) is 5.26 Å². The summed E-state index contributed by atoms with van der Waals surface area (Å²) >= 11 is 1.86. The van der Waals surface area contributed by atoms with Crippen molar-refractivity contribution in [2.24, 2.45) is 5.92 Å². The maximum Gasteiger partial charge on any atom is 0.164 e. The number of rotatable bonds is 5. The van der Waals surface area contributed by atoms with Crippen molar-refractivity contribution in [1.82, 2.24) is 15.0 Å². The Morgan fingerprint density at radius 2 is 1.59 bits per heavy atom. The lowest BCUT2D eigenvalue weighted by Crippen LogP contribution is -2.08. The zero-order valence-corrected chi connectivity index (χ0v) is 30.4. The van der Waals surface area contributed by atoms with E-state index in [-0.39, 0.29) is 17.8 Å². The molecule has 0 spiro atoms. The van der Waals surface area contributed by atoms with E-state index in [1.54, 1.807) is 0 Å². The van der Waals surface area contributed by atoms with Gasteiger partial charge in [-0.2, -0.15) is 5.26 Å². The summed E-state index contributed by atoms with van der Waals surface area (Å²) in [5.41, 5.74) is 8.35. The summed E-state index contributed by atoms with van der Waals surface area (Å²) in [6, 6.07) is 27.8. The number of benzene rings is 3. The average molecular weight is 717 g/mol. The molecule has 0 saturated heterocycles. The van der Waals surface area contributed by atoms with Gasteiger partial charge in [0.1, 0.15) is 11.3 Å². The number of allylic oxidation sites excluding steroid dienone is 15. The second kappa shape index (κ2) is 13.7. The van der Waals surface area contributed by atoms with E-state index in [0.29, 0.717) is 23.4 Å². The molecule has 0 fully saturated rings. The lowest BCUT2D eigenvalue weighted by molar-refractivity contribution is 0.448. The van der Waals surface area contributed by atoms with E-state index in [4.69, 9.17) is 19.4 Å². The predicted molar refractivity (Wildman–Crippen MR) is 218 cm³/mol. The Labute approximate surface area is 319 Å². The Balaban J connectivity index is 1.03. The molecule has 0 saturated carbocycles. The second-order valence-electron chi connectivity index (χ2n) is 14.4. The molecule has 4 unspecified atom stereocenters. The standard InChI is InChI=1S/C48H36N4OS/c49-29-30-11-8-14-31(24-23-30)36-17-4-5-19-40-41-21-10-20-37(45(41)53-44(36)40)33-15-9-16-34(27-33)47-50-46(32-12-2-1-3-13-32)51-48(52-47)35-25-26-39-38-18-6-7-22-42(38)54-43(39)28-35/h1-7,9-13,16-25,27-28,31,33,36,39H,8,14-15,26H2. The SMILES string of the molecule is N#CC1=CCCC(C2C=CC=Cc3c2oc2c(C4C=C(c5nc(C6=CCC7C(=C6)Sc6ccccc67)nc(-c6ccccc6)n5)C=CC4)cccc32)C=C1.